The van der Waals surface area contributed by atoms with Gasteiger partial charge >= 0.3 is 0 Å². The van der Waals surface area contributed by atoms with Crippen molar-refractivity contribution in [2.75, 3.05) is 0 Å². The summed E-state index contributed by atoms with van der Waals surface area (Å²) in [5, 5.41) is 0. The van der Waals surface area contributed by atoms with Crippen LogP contribution in [0.5, 0.6) is 0 Å². The Labute approximate surface area is 165 Å². The highest BCUT2D eigenvalue weighted by Gasteiger charge is 2.26. The normalized spacial score (nSPS) is 13.8. The van der Waals surface area contributed by atoms with Crippen LogP contribution in [0.2, 0.25) is 78.6 Å². The van der Waals surface area contributed by atoms with Crippen LogP contribution in [0.4, 0.5) is 0 Å². The van der Waals surface area contributed by atoms with E-state index in [1.807, 2.05) is 12.2 Å². The molecule has 0 bridgehead atoms. The van der Waals surface area contributed by atoms with E-state index >= 15 is 0 Å². The van der Waals surface area contributed by atoms with Crippen LogP contribution >= 0.6 is 0 Å². The van der Waals surface area contributed by atoms with E-state index in [-0.39, 0.29) is 0 Å². The minimum Gasteiger partial charge on any atom is -0.545 e. The van der Waals surface area contributed by atoms with E-state index in [2.05, 4.69) is 85.1 Å². The molecule has 0 radical (unpaired) electrons. The molecule has 0 aliphatic carbocycles. The van der Waals surface area contributed by atoms with Crippen LogP contribution in [0.3, 0.4) is 0 Å². The van der Waals surface area contributed by atoms with E-state index in [4.69, 9.17) is 17.7 Å². The monoisotopic (exact) mass is 432 g/mol. The minimum atomic E-state index is -1.82. The maximum absolute atomic E-state index is 6.25. The fraction of sp³-hybridized carbons (Fsp3) is 0.667. The van der Waals surface area contributed by atoms with Gasteiger partial charge < -0.3 is 17.7 Å². The van der Waals surface area contributed by atoms with Crippen molar-refractivity contribution in [2.45, 2.75) is 78.6 Å². The molecule has 8 heteroatoms. The highest BCUT2D eigenvalue weighted by atomic mass is 28.4. The van der Waals surface area contributed by atoms with Crippen molar-refractivity contribution in [3.63, 3.8) is 0 Å². The van der Waals surface area contributed by atoms with Gasteiger partial charge in [-0.05, 0) is 78.6 Å². The molecule has 0 aromatic rings. The fourth-order valence-corrected chi connectivity index (χ4v) is 5.00. The number of hydrogen-bond donors (Lipinski definition) is 0. The minimum absolute atomic E-state index is 0.550. The van der Waals surface area contributed by atoms with Crippen molar-refractivity contribution in [1.82, 2.24) is 0 Å². The lowest BCUT2D eigenvalue weighted by Gasteiger charge is -2.28. The summed E-state index contributed by atoms with van der Waals surface area (Å²) in [6, 6.07) is 0. The lowest BCUT2D eigenvalue weighted by molar-refractivity contribution is 0.213. The molecule has 0 N–H and O–H groups in total. The maximum atomic E-state index is 6.25. The third-order valence-electron chi connectivity index (χ3n) is 2.24. The van der Waals surface area contributed by atoms with E-state index in [1.54, 1.807) is 0 Å². The second kappa shape index (κ2) is 8.98. The Morgan fingerprint density at radius 2 is 0.885 bits per heavy atom. The molecule has 0 unspecified atom stereocenters. The van der Waals surface area contributed by atoms with Gasteiger partial charge in [0, 0.05) is 6.08 Å². The molecular formula is C18H40O4Si4. The van der Waals surface area contributed by atoms with Gasteiger partial charge in [-0.15, -0.1) is 0 Å². The smallest absolute Gasteiger partial charge is 0.255 e. The summed E-state index contributed by atoms with van der Waals surface area (Å²) >= 11 is 0. The zero-order chi connectivity index (χ0) is 21.0. The first-order chi connectivity index (χ1) is 11.3. The fourth-order valence-electron chi connectivity index (χ4n) is 1.84. The largest absolute Gasteiger partial charge is 0.545 e. The van der Waals surface area contributed by atoms with E-state index in [0.717, 1.165) is 0 Å². The topological polar surface area (TPSA) is 36.9 Å². The molecule has 0 aliphatic heterocycles. The summed E-state index contributed by atoms with van der Waals surface area (Å²) in [6.07, 6.45) is 3.73. The second-order valence-corrected chi connectivity index (χ2v) is 28.0. The molecule has 4 nitrogen and oxygen atoms in total. The highest BCUT2D eigenvalue weighted by molar-refractivity contribution is 6.71. The van der Waals surface area contributed by atoms with Crippen LogP contribution in [0.25, 0.3) is 0 Å². The average molecular weight is 433 g/mol. The molecule has 152 valence electrons. The highest BCUT2D eigenvalue weighted by Crippen LogP contribution is 2.22. The van der Waals surface area contributed by atoms with Crippen molar-refractivity contribution in [2.24, 2.45) is 0 Å². The average Bonchev–Trinajstić information content (AvgIpc) is 2.16. The molecule has 0 aromatic heterocycles. The van der Waals surface area contributed by atoms with Gasteiger partial charge in [-0.1, -0.05) is 6.58 Å². The Hall–Kier alpha value is -0.712. The third kappa shape index (κ3) is 15.5. The van der Waals surface area contributed by atoms with Gasteiger partial charge in [-0.2, -0.15) is 0 Å². The van der Waals surface area contributed by atoms with Gasteiger partial charge in [0.2, 0.25) is 33.3 Å². The van der Waals surface area contributed by atoms with Crippen LogP contribution in [-0.4, -0.2) is 33.3 Å². The molecule has 0 aromatic carbocycles. The standard InChI is InChI=1S/C18H40O4Si4/c1-16(19-23(2,3)4)14-17(20-24(5,6)7)15-18(21-25(8,9)10)22-26(11,12)13/h14-15H,1H2,2-13H3/b17-14-. The van der Waals surface area contributed by atoms with Crippen LogP contribution in [0.15, 0.2) is 36.2 Å². The first kappa shape index (κ1) is 25.3. The second-order valence-electron chi connectivity index (χ2n) is 10.3. The molecular weight excluding hydrogens is 393 g/mol. The lowest BCUT2D eigenvalue weighted by Crippen LogP contribution is -2.32. The molecule has 0 saturated carbocycles. The predicted molar refractivity (Wildman–Crippen MR) is 123 cm³/mol. The predicted octanol–water partition coefficient (Wildman–Crippen LogP) is 6.63. The summed E-state index contributed by atoms with van der Waals surface area (Å²) in [5.74, 6) is 1.86. The van der Waals surface area contributed by atoms with E-state index in [9.17, 15) is 0 Å². The first-order valence-electron chi connectivity index (χ1n) is 9.14. The Kier molecular flexibility index (Phi) is 8.74. The van der Waals surface area contributed by atoms with Crippen molar-refractivity contribution >= 4 is 33.3 Å². The van der Waals surface area contributed by atoms with Crippen molar-refractivity contribution in [1.29, 1.82) is 0 Å². The maximum Gasteiger partial charge on any atom is 0.255 e. The Morgan fingerprint density at radius 3 is 1.19 bits per heavy atom. The molecule has 0 atom stereocenters. The van der Waals surface area contributed by atoms with Gasteiger partial charge in [0.15, 0.2) is 0 Å². The lowest BCUT2D eigenvalue weighted by atomic mass is 10.4. The zero-order valence-electron chi connectivity index (χ0n) is 19.0. The number of hydrogen-bond acceptors (Lipinski definition) is 4. The molecule has 26 heavy (non-hydrogen) atoms. The quantitative estimate of drug-likeness (QED) is 0.220. The summed E-state index contributed by atoms with van der Waals surface area (Å²) in [6.45, 7) is 29.7. The van der Waals surface area contributed by atoms with Crippen molar-refractivity contribution in [3.05, 3.63) is 36.2 Å². The van der Waals surface area contributed by atoms with E-state index < -0.39 is 33.3 Å². The van der Waals surface area contributed by atoms with Crippen molar-refractivity contribution < 1.29 is 17.7 Å². The third-order valence-corrected chi connectivity index (χ3v) is 5.59. The molecule has 0 heterocycles. The first-order valence-corrected chi connectivity index (χ1v) is 22.8. The SMILES string of the molecule is C=C(/C=C(/C=C(O[Si](C)(C)C)O[Si](C)(C)C)O[Si](C)(C)C)O[Si](C)(C)C. The van der Waals surface area contributed by atoms with Gasteiger partial charge in [-0.3, -0.25) is 0 Å². The van der Waals surface area contributed by atoms with E-state index in [0.29, 0.717) is 17.5 Å². The molecule has 0 rings (SSSR count). The number of allylic oxidation sites excluding steroid dienone is 2. The molecule has 0 fully saturated rings. The number of rotatable bonds is 10. The van der Waals surface area contributed by atoms with Gasteiger partial charge in [-0.25, -0.2) is 0 Å². The van der Waals surface area contributed by atoms with E-state index in [1.165, 1.54) is 0 Å². The molecule has 0 spiro atoms. The Bertz CT molecular complexity index is 523. The Morgan fingerprint density at radius 1 is 0.538 bits per heavy atom. The van der Waals surface area contributed by atoms with Crippen LogP contribution in [0, 0.1) is 0 Å². The molecule has 0 aliphatic rings. The van der Waals surface area contributed by atoms with Crippen LogP contribution in [0.1, 0.15) is 0 Å². The molecule has 0 saturated heterocycles. The summed E-state index contributed by atoms with van der Waals surface area (Å²) < 4.78 is 24.6. The summed E-state index contributed by atoms with van der Waals surface area (Å²) in [7, 11) is -7.16. The van der Waals surface area contributed by atoms with Crippen LogP contribution < -0.4 is 0 Å². The summed E-state index contributed by atoms with van der Waals surface area (Å²) in [4.78, 5) is 0. The zero-order valence-corrected chi connectivity index (χ0v) is 23.0. The van der Waals surface area contributed by atoms with Gasteiger partial charge in [0.1, 0.15) is 5.76 Å². The Balaban J connectivity index is 5.86. The summed E-state index contributed by atoms with van der Waals surface area (Å²) in [5.41, 5.74) is 0. The van der Waals surface area contributed by atoms with Crippen molar-refractivity contribution in [3.8, 4) is 0 Å². The molecule has 0 amide bonds. The van der Waals surface area contributed by atoms with Gasteiger partial charge in [0.05, 0.1) is 11.8 Å². The van der Waals surface area contributed by atoms with Gasteiger partial charge in [0.25, 0.3) is 5.95 Å². The van der Waals surface area contributed by atoms with Crippen LogP contribution in [-0.2, 0) is 17.7 Å².